The Morgan fingerprint density at radius 2 is 2.15 bits per heavy atom. The van der Waals surface area contributed by atoms with E-state index in [4.69, 9.17) is 16.7 Å². The van der Waals surface area contributed by atoms with Crippen molar-refractivity contribution in [1.29, 1.82) is 5.26 Å². The molecule has 0 atom stereocenters. The molecule has 0 amide bonds. The van der Waals surface area contributed by atoms with Gasteiger partial charge < -0.3 is 14.9 Å². The molecule has 0 saturated carbocycles. The molecule has 1 N–H and O–H groups in total. The fraction of sp³-hybridized carbons (Fsp3) is 0.533. The molecule has 4 nitrogen and oxygen atoms in total. The molecule has 0 bridgehead atoms. The Balaban J connectivity index is 2.06. The van der Waals surface area contributed by atoms with Gasteiger partial charge in [-0.15, -0.1) is 0 Å². The van der Waals surface area contributed by atoms with Gasteiger partial charge >= 0.3 is 0 Å². The number of halogens is 1. The van der Waals surface area contributed by atoms with Crippen molar-refractivity contribution in [3.8, 4) is 6.07 Å². The average Bonchev–Trinajstić information content (AvgIpc) is 2.47. The van der Waals surface area contributed by atoms with Crippen molar-refractivity contribution in [1.82, 2.24) is 4.90 Å². The van der Waals surface area contributed by atoms with Crippen molar-refractivity contribution in [2.75, 3.05) is 38.2 Å². The smallest absolute Gasteiger partial charge is 0.101 e. The van der Waals surface area contributed by atoms with Crippen LogP contribution in [0.3, 0.4) is 0 Å². The Bertz CT molecular complexity index is 492. The summed E-state index contributed by atoms with van der Waals surface area (Å²) in [7, 11) is 2.05. The molecule has 1 heterocycles. The van der Waals surface area contributed by atoms with E-state index in [1.54, 1.807) is 0 Å². The molecule has 2 rings (SSSR count). The van der Waals surface area contributed by atoms with Gasteiger partial charge in [0.1, 0.15) is 6.07 Å². The Hall–Kier alpha value is -1.28. The summed E-state index contributed by atoms with van der Waals surface area (Å²) < 4.78 is 0. The Morgan fingerprint density at radius 1 is 1.45 bits per heavy atom. The van der Waals surface area contributed by atoms with Crippen LogP contribution in [0.4, 0.5) is 5.69 Å². The highest BCUT2D eigenvalue weighted by Crippen LogP contribution is 2.32. The van der Waals surface area contributed by atoms with Crippen LogP contribution in [0.2, 0.25) is 5.02 Å². The highest BCUT2D eigenvalue weighted by Gasteiger charge is 2.24. The lowest BCUT2D eigenvalue weighted by molar-refractivity contribution is 0.162. The zero-order valence-corrected chi connectivity index (χ0v) is 12.5. The highest BCUT2D eigenvalue weighted by molar-refractivity contribution is 6.33. The molecule has 0 radical (unpaired) electrons. The summed E-state index contributed by atoms with van der Waals surface area (Å²) in [5.74, 6) is 0. The van der Waals surface area contributed by atoms with E-state index in [1.807, 2.05) is 25.2 Å². The number of piperidine rings is 1. The minimum atomic E-state index is 0.194. The van der Waals surface area contributed by atoms with E-state index < -0.39 is 0 Å². The molecular formula is C15H20ClN3O. The van der Waals surface area contributed by atoms with E-state index in [0.717, 1.165) is 31.6 Å². The lowest BCUT2D eigenvalue weighted by Gasteiger charge is -2.38. The fourth-order valence-electron chi connectivity index (χ4n) is 2.80. The number of aliphatic hydroxyl groups is 1. The van der Waals surface area contributed by atoms with Gasteiger partial charge in [0, 0.05) is 25.7 Å². The van der Waals surface area contributed by atoms with Crippen LogP contribution in [-0.2, 0) is 0 Å². The van der Waals surface area contributed by atoms with Gasteiger partial charge in [-0.25, -0.2) is 0 Å². The number of rotatable bonds is 4. The van der Waals surface area contributed by atoms with Crippen LogP contribution in [0.25, 0.3) is 0 Å². The molecule has 1 aromatic rings. The minimum Gasteiger partial charge on any atom is -0.395 e. The van der Waals surface area contributed by atoms with Gasteiger partial charge in [-0.1, -0.05) is 17.7 Å². The second-order valence-electron chi connectivity index (χ2n) is 5.17. The Kier molecular flexibility index (Phi) is 5.24. The van der Waals surface area contributed by atoms with Crippen molar-refractivity contribution in [3.05, 3.63) is 28.8 Å². The van der Waals surface area contributed by atoms with Crippen molar-refractivity contribution < 1.29 is 5.11 Å². The fourth-order valence-corrected chi connectivity index (χ4v) is 3.09. The highest BCUT2D eigenvalue weighted by atomic mass is 35.5. The third kappa shape index (κ3) is 3.24. The number of hydrogen-bond acceptors (Lipinski definition) is 4. The standard InChI is InChI=1S/C15H20ClN3O/c1-18(9-10-20)13-5-7-19(8-6-13)15-12(11-17)3-2-4-14(15)16/h2-4,13,20H,5-10H2,1H3. The van der Waals surface area contributed by atoms with E-state index in [1.165, 1.54) is 0 Å². The monoisotopic (exact) mass is 293 g/mol. The van der Waals surface area contributed by atoms with Gasteiger partial charge in [0.15, 0.2) is 0 Å². The molecule has 1 aliphatic rings. The minimum absolute atomic E-state index is 0.194. The summed E-state index contributed by atoms with van der Waals surface area (Å²) in [6, 6.07) is 8.17. The van der Waals surface area contributed by atoms with E-state index in [9.17, 15) is 5.26 Å². The van der Waals surface area contributed by atoms with E-state index in [2.05, 4.69) is 15.9 Å². The molecule has 0 aromatic heterocycles. The maximum atomic E-state index is 9.21. The summed E-state index contributed by atoms with van der Waals surface area (Å²) >= 11 is 6.25. The van der Waals surface area contributed by atoms with Gasteiger partial charge in [0.2, 0.25) is 0 Å². The largest absolute Gasteiger partial charge is 0.395 e. The normalized spacial score (nSPS) is 16.4. The predicted molar refractivity (Wildman–Crippen MR) is 81.1 cm³/mol. The number of nitriles is 1. The molecule has 0 spiro atoms. The first-order valence-corrected chi connectivity index (χ1v) is 7.29. The maximum absolute atomic E-state index is 9.21. The van der Waals surface area contributed by atoms with Crippen LogP contribution in [0.1, 0.15) is 18.4 Å². The van der Waals surface area contributed by atoms with Gasteiger partial charge in [0.05, 0.1) is 22.9 Å². The third-order valence-electron chi connectivity index (χ3n) is 3.96. The summed E-state index contributed by atoms with van der Waals surface area (Å²) in [4.78, 5) is 4.40. The number of aliphatic hydroxyl groups excluding tert-OH is 1. The second-order valence-corrected chi connectivity index (χ2v) is 5.58. The van der Waals surface area contributed by atoms with E-state index >= 15 is 0 Å². The number of nitrogens with zero attached hydrogens (tertiary/aromatic N) is 3. The van der Waals surface area contributed by atoms with E-state index in [-0.39, 0.29) is 6.61 Å². The van der Waals surface area contributed by atoms with Crippen LogP contribution in [-0.4, -0.2) is 49.3 Å². The lowest BCUT2D eigenvalue weighted by Crippen LogP contribution is -2.44. The first kappa shape index (κ1) is 15.1. The number of anilines is 1. The zero-order chi connectivity index (χ0) is 14.5. The molecule has 0 unspecified atom stereocenters. The topological polar surface area (TPSA) is 50.5 Å². The first-order chi connectivity index (χ1) is 9.67. The number of hydrogen-bond donors (Lipinski definition) is 1. The van der Waals surface area contributed by atoms with E-state index in [0.29, 0.717) is 23.2 Å². The van der Waals surface area contributed by atoms with Gasteiger partial charge in [-0.2, -0.15) is 5.26 Å². The molecular weight excluding hydrogens is 274 g/mol. The van der Waals surface area contributed by atoms with Gasteiger partial charge in [0.25, 0.3) is 0 Å². The van der Waals surface area contributed by atoms with Crippen LogP contribution in [0.15, 0.2) is 18.2 Å². The first-order valence-electron chi connectivity index (χ1n) is 6.92. The molecule has 1 saturated heterocycles. The van der Waals surface area contributed by atoms with Crippen LogP contribution in [0.5, 0.6) is 0 Å². The molecule has 1 aliphatic heterocycles. The third-order valence-corrected chi connectivity index (χ3v) is 4.27. The maximum Gasteiger partial charge on any atom is 0.101 e. The molecule has 1 fully saturated rings. The van der Waals surface area contributed by atoms with Crippen molar-refractivity contribution in [3.63, 3.8) is 0 Å². The van der Waals surface area contributed by atoms with Gasteiger partial charge in [-0.05, 0) is 32.0 Å². The number of para-hydroxylation sites is 1. The summed E-state index contributed by atoms with van der Waals surface area (Å²) in [5.41, 5.74) is 1.50. The van der Waals surface area contributed by atoms with Gasteiger partial charge in [-0.3, -0.25) is 0 Å². The Labute approximate surface area is 125 Å². The van der Waals surface area contributed by atoms with Crippen molar-refractivity contribution in [2.24, 2.45) is 0 Å². The second kappa shape index (κ2) is 6.94. The molecule has 5 heteroatoms. The SMILES string of the molecule is CN(CCO)C1CCN(c2c(Cl)cccc2C#N)CC1. The predicted octanol–water partition coefficient (Wildman–Crippen LogP) is 2.10. The van der Waals surface area contributed by atoms with Crippen LogP contribution >= 0.6 is 11.6 Å². The quantitative estimate of drug-likeness (QED) is 0.924. The Morgan fingerprint density at radius 3 is 2.75 bits per heavy atom. The molecule has 20 heavy (non-hydrogen) atoms. The summed E-state index contributed by atoms with van der Waals surface area (Å²) in [6.45, 7) is 2.68. The van der Waals surface area contributed by atoms with Crippen molar-refractivity contribution >= 4 is 17.3 Å². The molecule has 108 valence electrons. The van der Waals surface area contributed by atoms with Crippen LogP contribution < -0.4 is 4.90 Å². The number of likely N-dealkylation sites (N-methyl/N-ethyl adjacent to an activating group) is 1. The van der Waals surface area contributed by atoms with Crippen LogP contribution in [0, 0.1) is 11.3 Å². The number of benzene rings is 1. The molecule has 1 aromatic carbocycles. The average molecular weight is 294 g/mol. The summed E-state index contributed by atoms with van der Waals surface area (Å²) in [6.07, 6.45) is 2.04. The summed E-state index contributed by atoms with van der Waals surface area (Å²) in [5, 5.41) is 18.9. The molecule has 0 aliphatic carbocycles. The lowest BCUT2D eigenvalue weighted by atomic mass is 10.0. The zero-order valence-electron chi connectivity index (χ0n) is 11.7. The van der Waals surface area contributed by atoms with Crippen molar-refractivity contribution in [2.45, 2.75) is 18.9 Å².